The molecule has 4 rings (SSSR count). The maximum absolute atomic E-state index is 12.4. The molecular formula is C21H15Cl2IN4O3. The molecule has 0 fully saturated rings. The van der Waals surface area contributed by atoms with Gasteiger partial charge in [-0.25, -0.2) is 9.67 Å². The number of carbonyl (C=O) groups excluding carboxylic acids is 1. The normalized spacial score (nSPS) is 10.8. The highest BCUT2D eigenvalue weighted by Crippen LogP contribution is 2.22. The van der Waals surface area contributed by atoms with Crippen molar-refractivity contribution in [1.82, 2.24) is 14.8 Å². The van der Waals surface area contributed by atoms with Gasteiger partial charge in [0.1, 0.15) is 24.4 Å². The van der Waals surface area contributed by atoms with Crippen LogP contribution in [0.3, 0.4) is 0 Å². The Morgan fingerprint density at radius 3 is 2.71 bits per heavy atom. The summed E-state index contributed by atoms with van der Waals surface area (Å²) in [5.41, 5.74) is 0.831. The van der Waals surface area contributed by atoms with E-state index < -0.39 is 5.91 Å². The fraction of sp³-hybridized carbons (Fsp3) is 0.0952. The standard InChI is InChI=1S/C21H15Cl2IN4O3/c22-14-2-1-13(18(23)9-14)10-28-12-25-21(27-28)26-20(29)19-8-7-17(31-19)11-30-16-5-3-15(24)4-6-16/h1-9,12H,10-11H2,(H,26,27,29). The molecule has 0 aliphatic heterocycles. The van der Waals surface area contributed by atoms with Crippen LogP contribution in [0.4, 0.5) is 5.95 Å². The van der Waals surface area contributed by atoms with E-state index in [1.807, 2.05) is 30.3 Å². The van der Waals surface area contributed by atoms with Crippen LogP contribution < -0.4 is 10.1 Å². The molecule has 0 bridgehead atoms. The zero-order chi connectivity index (χ0) is 21.8. The predicted molar refractivity (Wildman–Crippen MR) is 126 cm³/mol. The van der Waals surface area contributed by atoms with Gasteiger partial charge >= 0.3 is 0 Å². The average Bonchev–Trinajstić information content (AvgIpc) is 3.39. The van der Waals surface area contributed by atoms with Crippen LogP contribution >= 0.6 is 45.8 Å². The zero-order valence-corrected chi connectivity index (χ0v) is 19.6. The highest BCUT2D eigenvalue weighted by Gasteiger charge is 2.14. The maximum Gasteiger partial charge on any atom is 0.293 e. The summed E-state index contributed by atoms with van der Waals surface area (Å²) in [7, 11) is 0. The van der Waals surface area contributed by atoms with Gasteiger partial charge in [-0.3, -0.25) is 10.1 Å². The SMILES string of the molecule is O=C(Nc1ncn(Cc2ccc(Cl)cc2Cl)n1)c1ccc(COc2ccc(I)cc2)o1. The third-order valence-corrected chi connectivity index (χ3v) is 5.50. The molecule has 0 saturated carbocycles. The van der Waals surface area contributed by atoms with Crippen molar-refractivity contribution in [2.45, 2.75) is 13.2 Å². The predicted octanol–water partition coefficient (Wildman–Crippen LogP) is 5.66. The number of halogens is 3. The number of nitrogens with zero attached hydrogens (tertiary/aromatic N) is 3. The summed E-state index contributed by atoms with van der Waals surface area (Å²) in [5.74, 6) is 1.09. The van der Waals surface area contributed by atoms with Crippen LogP contribution in [0.15, 0.2) is 65.3 Å². The number of amides is 1. The van der Waals surface area contributed by atoms with Gasteiger partial charge in [0.05, 0.1) is 6.54 Å². The van der Waals surface area contributed by atoms with E-state index in [1.165, 1.54) is 6.33 Å². The number of nitrogens with one attached hydrogen (secondary N) is 1. The lowest BCUT2D eigenvalue weighted by molar-refractivity contribution is 0.0991. The first-order valence-corrected chi connectivity index (χ1v) is 10.9. The topological polar surface area (TPSA) is 82.2 Å². The quantitative estimate of drug-likeness (QED) is 0.291. The first kappa shape index (κ1) is 21.7. The lowest BCUT2D eigenvalue weighted by Gasteiger charge is -2.04. The van der Waals surface area contributed by atoms with Crippen LogP contribution in [-0.2, 0) is 13.2 Å². The molecule has 0 unspecified atom stereocenters. The molecule has 4 aromatic rings. The highest BCUT2D eigenvalue weighted by atomic mass is 127. The Hall–Kier alpha value is -2.56. The van der Waals surface area contributed by atoms with Gasteiger partial charge < -0.3 is 9.15 Å². The van der Waals surface area contributed by atoms with Gasteiger partial charge in [-0.1, -0.05) is 29.3 Å². The third-order valence-electron chi connectivity index (χ3n) is 4.19. The number of carbonyl (C=O) groups is 1. The fourth-order valence-electron chi connectivity index (χ4n) is 2.68. The van der Waals surface area contributed by atoms with Crippen molar-refractivity contribution < 1.29 is 13.9 Å². The van der Waals surface area contributed by atoms with Crippen LogP contribution in [0.5, 0.6) is 5.75 Å². The van der Waals surface area contributed by atoms with E-state index in [4.69, 9.17) is 32.4 Å². The van der Waals surface area contributed by atoms with Crippen molar-refractivity contribution in [1.29, 1.82) is 0 Å². The van der Waals surface area contributed by atoms with Crippen LogP contribution in [0.1, 0.15) is 21.9 Å². The molecule has 1 N–H and O–H groups in total. The Balaban J connectivity index is 1.34. The van der Waals surface area contributed by atoms with Gasteiger partial charge in [0, 0.05) is 13.6 Å². The van der Waals surface area contributed by atoms with Crippen LogP contribution in [0.25, 0.3) is 0 Å². The van der Waals surface area contributed by atoms with Crippen LogP contribution in [0, 0.1) is 3.57 Å². The Morgan fingerprint density at radius 1 is 1.13 bits per heavy atom. The van der Waals surface area contributed by atoms with Crippen molar-refractivity contribution in [3.05, 3.63) is 91.6 Å². The number of hydrogen-bond donors (Lipinski definition) is 1. The van der Waals surface area contributed by atoms with Gasteiger partial charge in [-0.15, -0.1) is 5.10 Å². The van der Waals surface area contributed by atoms with Gasteiger partial charge in [-0.05, 0) is 76.7 Å². The molecule has 31 heavy (non-hydrogen) atoms. The molecule has 2 aromatic carbocycles. The highest BCUT2D eigenvalue weighted by molar-refractivity contribution is 14.1. The molecule has 0 spiro atoms. The molecule has 10 heteroatoms. The molecule has 0 aliphatic carbocycles. The lowest BCUT2D eigenvalue weighted by atomic mass is 10.2. The van der Waals surface area contributed by atoms with E-state index in [1.54, 1.807) is 28.9 Å². The lowest BCUT2D eigenvalue weighted by Crippen LogP contribution is -2.12. The summed E-state index contributed by atoms with van der Waals surface area (Å²) in [5, 5.41) is 7.94. The second-order valence-corrected chi connectivity index (χ2v) is 8.55. The summed E-state index contributed by atoms with van der Waals surface area (Å²) < 4.78 is 13.9. The molecule has 2 heterocycles. The second kappa shape index (κ2) is 9.71. The summed E-state index contributed by atoms with van der Waals surface area (Å²) in [6, 6.07) is 16.1. The Bertz CT molecular complexity index is 1210. The van der Waals surface area contributed by atoms with E-state index in [0.717, 1.165) is 14.9 Å². The number of furan rings is 1. The minimum absolute atomic E-state index is 0.137. The fourth-order valence-corrected chi connectivity index (χ4v) is 3.51. The molecule has 0 aliphatic rings. The van der Waals surface area contributed by atoms with Crippen molar-refractivity contribution in [3.63, 3.8) is 0 Å². The minimum Gasteiger partial charge on any atom is -0.486 e. The Morgan fingerprint density at radius 2 is 1.94 bits per heavy atom. The smallest absolute Gasteiger partial charge is 0.293 e. The van der Waals surface area contributed by atoms with E-state index in [2.05, 4.69) is 38.0 Å². The molecule has 0 radical (unpaired) electrons. The Kier molecular flexibility index (Phi) is 6.79. The van der Waals surface area contributed by atoms with Gasteiger partial charge in [0.15, 0.2) is 5.76 Å². The second-order valence-electron chi connectivity index (χ2n) is 6.46. The van der Waals surface area contributed by atoms with E-state index in [0.29, 0.717) is 22.4 Å². The number of hydrogen-bond acceptors (Lipinski definition) is 5. The summed E-state index contributed by atoms with van der Waals surface area (Å²) >= 11 is 14.3. The molecular weight excluding hydrogens is 554 g/mol. The monoisotopic (exact) mass is 568 g/mol. The van der Waals surface area contributed by atoms with E-state index in [9.17, 15) is 4.79 Å². The number of anilines is 1. The van der Waals surface area contributed by atoms with E-state index in [-0.39, 0.29) is 18.3 Å². The first-order chi connectivity index (χ1) is 15.0. The molecule has 0 atom stereocenters. The number of ether oxygens (including phenoxy) is 1. The molecule has 158 valence electrons. The van der Waals surface area contributed by atoms with Gasteiger partial charge in [0.25, 0.3) is 5.91 Å². The average molecular weight is 569 g/mol. The molecule has 2 aromatic heterocycles. The molecule has 0 saturated heterocycles. The third kappa shape index (κ3) is 5.78. The van der Waals surface area contributed by atoms with Crippen LogP contribution in [-0.4, -0.2) is 20.7 Å². The number of benzene rings is 2. The molecule has 7 nitrogen and oxygen atoms in total. The molecule has 1 amide bonds. The van der Waals surface area contributed by atoms with Crippen molar-refractivity contribution in [3.8, 4) is 5.75 Å². The first-order valence-electron chi connectivity index (χ1n) is 9.08. The van der Waals surface area contributed by atoms with Crippen LogP contribution in [0.2, 0.25) is 10.0 Å². The summed E-state index contributed by atoms with van der Waals surface area (Å²) in [6.07, 6.45) is 1.50. The number of aromatic nitrogens is 3. The number of rotatable bonds is 7. The van der Waals surface area contributed by atoms with E-state index >= 15 is 0 Å². The largest absolute Gasteiger partial charge is 0.486 e. The zero-order valence-electron chi connectivity index (χ0n) is 15.9. The van der Waals surface area contributed by atoms with Crippen molar-refractivity contribution >= 4 is 57.6 Å². The van der Waals surface area contributed by atoms with Gasteiger partial charge in [0.2, 0.25) is 5.95 Å². The van der Waals surface area contributed by atoms with Gasteiger partial charge in [-0.2, -0.15) is 0 Å². The summed E-state index contributed by atoms with van der Waals surface area (Å²) in [4.78, 5) is 16.5. The van der Waals surface area contributed by atoms with Crippen molar-refractivity contribution in [2.75, 3.05) is 5.32 Å². The summed E-state index contributed by atoms with van der Waals surface area (Å²) in [6.45, 7) is 0.599. The minimum atomic E-state index is -0.456. The Labute approximate surface area is 201 Å². The van der Waals surface area contributed by atoms with Crippen molar-refractivity contribution in [2.24, 2.45) is 0 Å². The maximum atomic E-state index is 12.4.